The SMILES string of the molecule is CC(NCc1cc(Br)ccc1F)c1ccc(NC(=O)C2CC2)cc1. The maximum atomic E-state index is 13.8. The molecule has 2 aromatic rings. The molecule has 1 aliphatic carbocycles. The van der Waals surface area contributed by atoms with E-state index in [1.165, 1.54) is 6.07 Å². The molecule has 24 heavy (non-hydrogen) atoms. The van der Waals surface area contributed by atoms with Crippen molar-refractivity contribution in [2.24, 2.45) is 5.92 Å². The lowest BCUT2D eigenvalue weighted by Gasteiger charge is -2.15. The number of carbonyl (C=O) groups is 1. The average Bonchev–Trinajstić information content (AvgIpc) is 3.41. The number of nitrogens with one attached hydrogen (secondary N) is 2. The largest absolute Gasteiger partial charge is 0.326 e. The Kier molecular flexibility index (Phi) is 5.31. The van der Waals surface area contributed by atoms with Crippen molar-refractivity contribution in [3.05, 3.63) is 63.9 Å². The fourth-order valence-corrected chi connectivity index (χ4v) is 2.91. The van der Waals surface area contributed by atoms with Gasteiger partial charge in [0, 0.05) is 34.2 Å². The van der Waals surface area contributed by atoms with Crippen LogP contribution in [-0.4, -0.2) is 5.91 Å². The minimum atomic E-state index is -0.212. The molecule has 2 N–H and O–H groups in total. The summed E-state index contributed by atoms with van der Waals surface area (Å²) in [4.78, 5) is 11.7. The van der Waals surface area contributed by atoms with Crippen LogP contribution in [0.1, 0.15) is 36.9 Å². The molecule has 0 heterocycles. The van der Waals surface area contributed by atoms with Gasteiger partial charge in [0.05, 0.1) is 0 Å². The monoisotopic (exact) mass is 390 g/mol. The number of rotatable bonds is 6. The van der Waals surface area contributed by atoms with Gasteiger partial charge in [-0.1, -0.05) is 28.1 Å². The highest BCUT2D eigenvalue weighted by Gasteiger charge is 2.29. The van der Waals surface area contributed by atoms with Crippen LogP contribution in [0.3, 0.4) is 0 Å². The van der Waals surface area contributed by atoms with Crippen molar-refractivity contribution in [2.75, 3.05) is 5.32 Å². The molecule has 0 bridgehead atoms. The zero-order valence-corrected chi connectivity index (χ0v) is 15.1. The van der Waals surface area contributed by atoms with Gasteiger partial charge in [-0.2, -0.15) is 0 Å². The van der Waals surface area contributed by atoms with Crippen LogP contribution in [-0.2, 0) is 11.3 Å². The topological polar surface area (TPSA) is 41.1 Å². The molecular formula is C19H20BrFN2O. The average molecular weight is 391 g/mol. The van der Waals surface area contributed by atoms with Gasteiger partial charge in [0.15, 0.2) is 0 Å². The predicted octanol–water partition coefficient (Wildman–Crippen LogP) is 4.79. The van der Waals surface area contributed by atoms with Crippen molar-refractivity contribution in [2.45, 2.75) is 32.4 Å². The minimum absolute atomic E-state index is 0.0802. The molecule has 0 aliphatic heterocycles. The number of amides is 1. The zero-order chi connectivity index (χ0) is 17.1. The van der Waals surface area contributed by atoms with Crippen LogP contribution >= 0.6 is 15.9 Å². The van der Waals surface area contributed by atoms with Crippen molar-refractivity contribution < 1.29 is 9.18 Å². The third kappa shape index (κ3) is 4.42. The molecule has 1 saturated carbocycles. The summed E-state index contributed by atoms with van der Waals surface area (Å²) in [6, 6.07) is 12.8. The number of carbonyl (C=O) groups excluding carboxylic acids is 1. The summed E-state index contributed by atoms with van der Waals surface area (Å²) in [5.74, 6) is 0.0976. The lowest BCUT2D eigenvalue weighted by Crippen LogP contribution is -2.19. The third-order valence-corrected chi connectivity index (χ3v) is 4.73. The lowest BCUT2D eigenvalue weighted by atomic mass is 10.1. The molecule has 126 valence electrons. The Morgan fingerprint density at radius 3 is 2.62 bits per heavy atom. The van der Waals surface area contributed by atoms with E-state index in [1.54, 1.807) is 12.1 Å². The molecule has 1 unspecified atom stereocenters. The van der Waals surface area contributed by atoms with Gasteiger partial charge in [0.1, 0.15) is 5.82 Å². The van der Waals surface area contributed by atoms with E-state index in [0.717, 1.165) is 28.6 Å². The smallest absolute Gasteiger partial charge is 0.227 e. The molecule has 3 nitrogen and oxygen atoms in total. The Bertz CT molecular complexity index is 729. The highest BCUT2D eigenvalue weighted by Crippen LogP contribution is 2.30. The molecule has 1 atom stereocenters. The standard InChI is InChI=1S/C19H20BrFN2O/c1-12(22-11-15-10-16(20)6-9-18(15)21)13-4-7-17(8-5-13)23-19(24)14-2-3-14/h4-10,12,14,22H,2-3,11H2,1H3,(H,23,24). The van der Waals surface area contributed by atoms with Crippen LogP contribution in [0.15, 0.2) is 46.9 Å². The van der Waals surface area contributed by atoms with E-state index >= 15 is 0 Å². The summed E-state index contributed by atoms with van der Waals surface area (Å²) >= 11 is 3.36. The van der Waals surface area contributed by atoms with Gasteiger partial charge < -0.3 is 10.6 Å². The van der Waals surface area contributed by atoms with E-state index in [-0.39, 0.29) is 23.7 Å². The normalized spacial score (nSPS) is 15.1. The number of hydrogen-bond donors (Lipinski definition) is 2. The van der Waals surface area contributed by atoms with Crippen molar-refractivity contribution >= 4 is 27.5 Å². The summed E-state index contributed by atoms with van der Waals surface area (Å²) in [5.41, 5.74) is 2.54. The van der Waals surface area contributed by atoms with E-state index in [9.17, 15) is 9.18 Å². The first-order valence-electron chi connectivity index (χ1n) is 8.11. The first kappa shape index (κ1) is 17.1. The van der Waals surface area contributed by atoms with Crippen LogP contribution in [0.2, 0.25) is 0 Å². The van der Waals surface area contributed by atoms with E-state index in [1.807, 2.05) is 31.2 Å². The number of benzene rings is 2. The summed E-state index contributed by atoms with van der Waals surface area (Å²) < 4.78 is 14.6. The molecule has 5 heteroatoms. The Balaban J connectivity index is 1.57. The van der Waals surface area contributed by atoms with Crippen molar-refractivity contribution in [1.29, 1.82) is 0 Å². The summed E-state index contributed by atoms with van der Waals surface area (Å²) in [5, 5.41) is 6.25. The van der Waals surface area contributed by atoms with Gasteiger partial charge in [-0.15, -0.1) is 0 Å². The maximum absolute atomic E-state index is 13.8. The molecule has 0 saturated heterocycles. The van der Waals surface area contributed by atoms with Gasteiger partial charge in [-0.25, -0.2) is 4.39 Å². The predicted molar refractivity (Wildman–Crippen MR) is 97.2 cm³/mol. The summed E-state index contributed by atoms with van der Waals surface area (Å²) in [7, 11) is 0. The lowest BCUT2D eigenvalue weighted by molar-refractivity contribution is -0.117. The van der Waals surface area contributed by atoms with E-state index in [0.29, 0.717) is 12.1 Å². The Labute approximate surface area is 149 Å². The highest BCUT2D eigenvalue weighted by molar-refractivity contribution is 9.10. The highest BCUT2D eigenvalue weighted by atomic mass is 79.9. The summed E-state index contributed by atoms with van der Waals surface area (Å²) in [6.07, 6.45) is 1.99. The Hall–Kier alpha value is -1.72. The molecule has 1 aliphatic rings. The van der Waals surface area contributed by atoms with Gasteiger partial charge in [0.25, 0.3) is 0 Å². The van der Waals surface area contributed by atoms with Crippen molar-refractivity contribution in [1.82, 2.24) is 5.32 Å². The second-order valence-corrected chi connectivity index (χ2v) is 7.14. The molecule has 1 fully saturated rings. The molecule has 1 amide bonds. The van der Waals surface area contributed by atoms with Crippen LogP contribution in [0.4, 0.5) is 10.1 Å². The first-order chi connectivity index (χ1) is 11.5. The fraction of sp³-hybridized carbons (Fsp3) is 0.316. The number of halogens is 2. The molecule has 0 spiro atoms. The zero-order valence-electron chi connectivity index (χ0n) is 13.5. The second kappa shape index (κ2) is 7.45. The van der Waals surface area contributed by atoms with Crippen LogP contribution < -0.4 is 10.6 Å². The molecular weight excluding hydrogens is 371 g/mol. The van der Waals surface area contributed by atoms with Gasteiger partial charge >= 0.3 is 0 Å². The Morgan fingerprint density at radius 2 is 1.96 bits per heavy atom. The van der Waals surface area contributed by atoms with E-state index in [2.05, 4.69) is 26.6 Å². The summed E-state index contributed by atoms with van der Waals surface area (Å²) in [6.45, 7) is 2.49. The van der Waals surface area contributed by atoms with Crippen molar-refractivity contribution in [3.63, 3.8) is 0 Å². The van der Waals surface area contributed by atoms with Gasteiger partial charge in [0.2, 0.25) is 5.91 Å². The van der Waals surface area contributed by atoms with Crippen LogP contribution in [0, 0.1) is 11.7 Å². The molecule has 3 rings (SSSR count). The van der Waals surface area contributed by atoms with Crippen LogP contribution in [0.25, 0.3) is 0 Å². The number of anilines is 1. The molecule has 0 radical (unpaired) electrons. The second-order valence-electron chi connectivity index (χ2n) is 6.22. The Morgan fingerprint density at radius 1 is 1.25 bits per heavy atom. The van der Waals surface area contributed by atoms with E-state index in [4.69, 9.17) is 0 Å². The third-order valence-electron chi connectivity index (χ3n) is 4.23. The van der Waals surface area contributed by atoms with E-state index < -0.39 is 0 Å². The van der Waals surface area contributed by atoms with Crippen molar-refractivity contribution in [3.8, 4) is 0 Å². The number of hydrogen-bond acceptors (Lipinski definition) is 2. The minimum Gasteiger partial charge on any atom is -0.326 e. The fourth-order valence-electron chi connectivity index (χ4n) is 2.50. The molecule has 0 aromatic heterocycles. The maximum Gasteiger partial charge on any atom is 0.227 e. The molecule has 2 aromatic carbocycles. The quantitative estimate of drug-likeness (QED) is 0.744. The van der Waals surface area contributed by atoms with Gasteiger partial charge in [-0.05, 0) is 55.7 Å². The first-order valence-corrected chi connectivity index (χ1v) is 8.90. The van der Waals surface area contributed by atoms with Gasteiger partial charge in [-0.3, -0.25) is 4.79 Å². The van der Waals surface area contributed by atoms with Crippen LogP contribution in [0.5, 0.6) is 0 Å².